The Labute approximate surface area is 149 Å². The van der Waals surface area contributed by atoms with Crippen molar-refractivity contribution in [2.24, 2.45) is 0 Å². The molecule has 0 bridgehead atoms. The third-order valence-electron chi connectivity index (χ3n) is 4.01. The summed E-state index contributed by atoms with van der Waals surface area (Å²) in [6, 6.07) is 15.6. The van der Waals surface area contributed by atoms with Crippen molar-refractivity contribution in [3.63, 3.8) is 0 Å². The van der Waals surface area contributed by atoms with Crippen LogP contribution in [0.4, 0.5) is 0 Å². The van der Waals surface area contributed by atoms with Gasteiger partial charge in [-0.15, -0.1) is 0 Å². The Morgan fingerprint density at radius 2 is 1.92 bits per heavy atom. The van der Waals surface area contributed by atoms with Crippen LogP contribution in [0.25, 0.3) is 22.0 Å². The van der Waals surface area contributed by atoms with Crippen molar-refractivity contribution in [2.45, 2.75) is 6.54 Å². The smallest absolute Gasteiger partial charge is 0.270 e. The third-order valence-corrected chi connectivity index (χ3v) is 4.70. The van der Waals surface area contributed by atoms with E-state index < -0.39 is 0 Å². The van der Waals surface area contributed by atoms with E-state index in [4.69, 9.17) is 0 Å². The van der Waals surface area contributed by atoms with Crippen molar-refractivity contribution in [2.75, 3.05) is 0 Å². The van der Waals surface area contributed by atoms with Gasteiger partial charge in [0.2, 0.25) is 0 Å². The molecular weight excluding hydrogens is 330 g/mol. The Hall–Kier alpha value is -3.05. The van der Waals surface area contributed by atoms with Gasteiger partial charge in [-0.2, -0.15) is 11.3 Å². The van der Waals surface area contributed by atoms with E-state index in [1.807, 2.05) is 53.9 Å². The van der Waals surface area contributed by atoms with Gasteiger partial charge in [-0.1, -0.05) is 30.3 Å². The highest BCUT2D eigenvalue weighted by molar-refractivity contribution is 7.08. The second kappa shape index (κ2) is 6.83. The number of carbonyl (C=O) groups is 1. The minimum Gasteiger partial charge on any atom is -0.347 e. The van der Waals surface area contributed by atoms with Crippen LogP contribution in [-0.2, 0) is 6.54 Å². The Morgan fingerprint density at radius 1 is 1.00 bits per heavy atom. The second-order valence-corrected chi connectivity index (χ2v) is 6.37. The monoisotopic (exact) mass is 345 g/mol. The van der Waals surface area contributed by atoms with Gasteiger partial charge in [0.1, 0.15) is 5.69 Å². The molecule has 0 aliphatic heterocycles. The topological polar surface area (TPSA) is 54.9 Å². The molecule has 25 heavy (non-hydrogen) atoms. The zero-order valence-corrected chi connectivity index (χ0v) is 14.2. The quantitative estimate of drug-likeness (QED) is 0.600. The third kappa shape index (κ3) is 3.14. The van der Waals surface area contributed by atoms with E-state index in [1.165, 1.54) is 0 Å². The lowest BCUT2D eigenvalue weighted by Gasteiger charge is -2.10. The van der Waals surface area contributed by atoms with Crippen molar-refractivity contribution < 1.29 is 4.79 Å². The van der Waals surface area contributed by atoms with Gasteiger partial charge in [0.15, 0.2) is 0 Å². The number of benzene rings is 1. The Bertz CT molecular complexity index is 1020. The minimum absolute atomic E-state index is 0.183. The number of aromatic nitrogens is 2. The first kappa shape index (κ1) is 15.5. The fourth-order valence-corrected chi connectivity index (χ4v) is 3.44. The van der Waals surface area contributed by atoms with Crippen molar-refractivity contribution in [1.29, 1.82) is 0 Å². The van der Waals surface area contributed by atoms with Gasteiger partial charge in [0, 0.05) is 35.3 Å². The standard InChI is InChI=1S/C20H15N3OS/c24-20(19-17-6-2-1-4-14(17)7-10-22-19)23-12-15-5-3-9-21-18(15)16-8-11-25-13-16/h1-11,13H,12H2,(H,23,24). The molecule has 0 fully saturated rings. The van der Waals surface area contributed by atoms with Crippen molar-refractivity contribution in [1.82, 2.24) is 15.3 Å². The SMILES string of the molecule is O=C(NCc1cccnc1-c1ccsc1)c1nccc2ccccc12. The van der Waals surface area contributed by atoms with Crippen LogP contribution in [0.2, 0.25) is 0 Å². The second-order valence-electron chi connectivity index (χ2n) is 5.59. The predicted octanol–water partition coefficient (Wildman–Crippen LogP) is 4.29. The molecule has 3 heterocycles. The number of carbonyl (C=O) groups excluding carboxylic acids is 1. The molecule has 4 rings (SSSR count). The number of fused-ring (bicyclic) bond motifs is 1. The zero-order valence-electron chi connectivity index (χ0n) is 13.3. The molecule has 0 aliphatic carbocycles. The van der Waals surface area contributed by atoms with E-state index in [0.717, 1.165) is 27.6 Å². The van der Waals surface area contributed by atoms with Crippen LogP contribution in [0.3, 0.4) is 0 Å². The highest BCUT2D eigenvalue weighted by Crippen LogP contribution is 2.23. The fourth-order valence-electron chi connectivity index (χ4n) is 2.80. The molecule has 0 radical (unpaired) electrons. The molecule has 5 heteroatoms. The van der Waals surface area contributed by atoms with Crippen LogP contribution >= 0.6 is 11.3 Å². The van der Waals surface area contributed by atoms with Gasteiger partial charge in [-0.05, 0) is 34.5 Å². The molecule has 1 aromatic carbocycles. The molecule has 0 spiro atoms. The van der Waals surface area contributed by atoms with Gasteiger partial charge < -0.3 is 5.32 Å². The van der Waals surface area contributed by atoms with Crippen LogP contribution in [0, 0.1) is 0 Å². The van der Waals surface area contributed by atoms with Crippen LogP contribution in [0.15, 0.2) is 71.7 Å². The van der Waals surface area contributed by atoms with Crippen LogP contribution in [0.1, 0.15) is 16.1 Å². The first-order valence-corrected chi connectivity index (χ1v) is 8.85. The number of thiophene rings is 1. The minimum atomic E-state index is -0.183. The Balaban J connectivity index is 1.59. The van der Waals surface area contributed by atoms with Crippen molar-refractivity contribution in [3.05, 3.63) is 82.9 Å². The number of rotatable bonds is 4. The number of nitrogens with one attached hydrogen (secondary N) is 1. The Morgan fingerprint density at radius 3 is 2.80 bits per heavy atom. The highest BCUT2D eigenvalue weighted by Gasteiger charge is 2.13. The summed E-state index contributed by atoms with van der Waals surface area (Å²) in [5, 5.41) is 8.90. The van der Waals surface area contributed by atoms with Gasteiger partial charge in [0.05, 0.1) is 5.69 Å². The first-order valence-electron chi connectivity index (χ1n) is 7.91. The molecule has 1 amide bonds. The van der Waals surface area contributed by atoms with Crippen molar-refractivity contribution in [3.8, 4) is 11.3 Å². The highest BCUT2D eigenvalue weighted by atomic mass is 32.1. The van der Waals surface area contributed by atoms with Gasteiger partial charge in [-0.25, -0.2) is 0 Å². The summed E-state index contributed by atoms with van der Waals surface area (Å²) in [7, 11) is 0. The van der Waals surface area contributed by atoms with Gasteiger partial charge in [-0.3, -0.25) is 14.8 Å². The number of amides is 1. The van der Waals surface area contributed by atoms with Crippen LogP contribution in [0.5, 0.6) is 0 Å². The zero-order chi connectivity index (χ0) is 17.1. The predicted molar refractivity (Wildman–Crippen MR) is 100 cm³/mol. The average Bonchev–Trinajstić information content (AvgIpc) is 3.20. The van der Waals surface area contributed by atoms with Crippen LogP contribution in [-0.4, -0.2) is 15.9 Å². The lowest BCUT2D eigenvalue weighted by molar-refractivity contribution is 0.0948. The molecular formula is C20H15N3OS. The van der Waals surface area contributed by atoms with E-state index in [-0.39, 0.29) is 5.91 Å². The molecule has 0 unspecified atom stereocenters. The van der Waals surface area contributed by atoms with E-state index in [1.54, 1.807) is 23.7 Å². The largest absolute Gasteiger partial charge is 0.347 e. The summed E-state index contributed by atoms with van der Waals surface area (Å²) in [4.78, 5) is 21.4. The summed E-state index contributed by atoms with van der Waals surface area (Å²) in [5.74, 6) is -0.183. The lowest BCUT2D eigenvalue weighted by Crippen LogP contribution is -2.24. The van der Waals surface area contributed by atoms with E-state index in [9.17, 15) is 4.79 Å². The summed E-state index contributed by atoms with van der Waals surface area (Å²) in [6.07, 6.45) is 3.43. The summed E-state index contributed by atoms with van der Waals surface area (Å²) >= 11 is 1.63. The molecule has 0 aliphatic rings. The molecule has 0 saturated heterocycles. The van der Waals surface area contributed by atoms with Gasteiger partial charge in [0.25, 0.3) is 5.91 Å². The molecule has 0 atom stereocenters. The molecule has 1 N–H and O–H groups in total. The van der Waals surface area contributed by atoms with E-state index >= 15 is 0 Å². The maximum Gasteiger partial charge on any atom is 0.270 e. The van der Waals surface area contributed by atoms with E-state index in [0.29, 0.717) is 12.2 Å². The summed E-state index contributed by atoms with van der Waals surface area (Å²) in [5.41, 5.74) is 3.39. The summed E-state index contributed by atoms with van der Waals surface area (Å²) in [6.45, 7) is 0.406. The number of nitrogens with zero attached hydrogens (tertiary/aromatic N) is 2. The molecule has 0 saturated carbocycles. The molecule has 122 valence electrons. The number of hydrogen-bond acceptors (Lipinski definition) is 4. The number of pyridine rings is 2. The average molecular weight is 345 g/mol. The Kier molecular flexibility index (Phi) is 4.23. The summed E-state index contributed by atoms with van der Waals surface area (Å²) < 4.78 is 0. The number of hydrogen-bond donors (Lipinski definition) is 1. The molecule has 4 aromatic rings. The lowest BCUT2D eigenvalue weighted by atomic mass is 10.1. The first-order chi connectivity index (χ1) is 12.3. The van der Waals surface area contributed by atoms with Crippen LogP contribution < -0.4 is 5.32 Å². The fraction of sp³-hybridized carbons (Fsp3) is 0.0500. The maximum atomic E-state index is 12.6. The van der Waals surface area contributed by atoms with Crippen molar-refractivity contribution >= 4 is 28.0 Å². The van der Waals surface area contributed by atoms with E-state index in [2.05, 4.69) is 20.7 Å². The molecule has 3 aromatic heterocycles. The molecule has 4 nitrogen and oxygen atoms in total. The normalized spacial score (nSPS) is 10.7. The van der Waals surface area contributed by atoms with Gasteiger partial charge >= 0.3 is 0 Å². The maximum absolute atomic E-state index is 12.6.